The Kier molecular flexibility index (Phi) is 7.03. The first-order valence-corrected chi connectivity index (χ1v) is 9.71. The molecule has 0 heterocycles. The van der Waals surface area contributed by atoms with E-state index in [0.29, 0.717) is 28.8 Å². The number of anilines is 2. The van der Waals surface area contributed by atoms with Crippen LogP contribution in [0.25, 0.3) is 0 Å². The highest BCUT2D eigenvalue weighted by molar-refractivity contribution is 6.31. The number of phenolic OH excluding ortho intramolecular Hbond substituents is 1. The summed E-state index contributed by atoms with van der Waals surface area (Å²) in [7, 11) is 1.53. The Balaban J connectivity index is 1.62. The van der Waals surface area contributed by atoms with E-state index in [1.54, 1.807) is 36.4 Å². The molecular formula is C23H23ClN2O4. The van der Waals surface area contributed by atoms with Crippen molar-refractivity contribution in [1.82, 2.24) is 0 Å². The van der Waals surface area contributed by atoms with Gasteiger partial charge >= 0.3 is 0 Å². The zero-order valence-corrected chi connectivity index (χ0v) is 17.5. The Morgan fingerprint density at radius 1 is 1.00 bits per heavy atom. The van der Waals surface area contributed by atoms with Gasteiger partial charge in [0.15, 0.2) is 18.1 Å². The zero-order valence-electron chi connectivity index (χ0n) is 16.7. The maximum absolute atomic E-state index is 12.2. The predicted octanol–water partition coefficient (Wildman–Crippen LogP) is 4.99. The predicted molar refractivity (Wildman–Crippen MR) is 119 cm³/mol. The van der Waals surface area contributed by atoms with Crippen molar-refractivity contribution >= 4 is 28.9 Å². The van der Waals surface area contributed by atoms with Gasteiger partial charge in [0.05, 0.1) is 7.11 Å². The Morgan fingerprint density at radius 3 is 2.33 bits per heavy atom. The third kappa shape index (κ3) is 5.81. The van der Waals surface area contributed by atoms with E-state index < -0.39 is 0 Å². The van der Waals surface area contributed by atoms with Gasteiger partial charge < -0.3 is 25.2 Å². The Morgan fingerprint density at radius 2 is 1.67 bits per heavy atom. The van der Waals surface area contributed by atoms with Gasteiger partial charge in [-0.15, -0.1) is 0 Å². The monoisotopic (exact) mass is 426 g/mol. The summed E-state index contributed by atoms with van der Waals surface area (Å²) >= 11 is 6.39. The average molecular weight is 427 g/mol. The van der Waals surface area contributed by atoms with E-state index >= 15 is 0 Å². The quantitative estimate of drug-likeness (QED) is 0.442. The third-order valence-corrected chi connectivity index (χ3v) is 4.73. The van der Waals surface area contributed by atoms with Crippen LogP contribution in [-0.2, 0) is 11.3 Å². The summed E-state index contributed by atoms with van der Waals surface area (Å²) in [5, 5.41) is 15.8. The van der Waals surface area contributed by atoms with Gasteiger partial charge in [0, 0.05) is 29.0 Å². The van der Waals surface area contributed by atoms with Crippen molar-refractivity contribution in [3.63, 3.8) is 0 Å². The molecule has 0 spiro atoms. The van der Waals surface area contributed by atoms with Crippen LogP contribution in [0.3, 0.4) is 0 Å². The summed E-state index contributed by atoms with van der Waals surface area (Å²) in [6, 6.07) is 17.6. The SMILES string of the molecule is COc1cc(CNc2ccc(O)cc2)c(Cl)cc1OCC(=O)Nc1ccc(C)cc1. The van der Waals surface area contributed by atoms with Crippen molar-refractivity contribution in [2.24, 2.45) is 0 Å². The molecule has 0 fully saturated rings. The number of hydrogen-bond donors (Lipinski definition) is 3. The lowest BCUT2D eigenvalue weighted by Gasteiger charge is -2.15. The second-order valence-corrected chi connectivity index (χ2v) is 7.10. The minimum Gasteiger partial charge on any atom is -0.508 e. The normalized spacial score (nSPS) is 10.4. The van der Waals surface area contributed by atoms with E-state index in [1.807, 2.05) is 31.2 Å². The van der Waals surface area contributed by atoms with E-state index in [2.05, 4.69) is 10.6 Å². The lowest BCUT2D eigenvalue weighted by molar-refractivity contribution is -0.118. The van der Waals surface area contributed by atoms with Crippen LogP contribution in [0.4, 0.5) is 11.4 Å². The summed E-state index contributed by atoms with van der Waals surface area (Å²) in [6.45, 7) is 2.26. The van der Waals surface area contributed by atoms with Gasteiger partial charge in [0.25, 0.3) is 5.91 Å². The first-order chi connectivity index (χ1) is 14.4. The molecule has 0 saturated heterocycles. The molecule has 0 aliphatic rings. The number of nitrogens with one attached hydrogen (secondary N) is 2. The van der Waals surface area contributed by atoms with Gasteiger partial charge in [-0.05, 0) is 55.0 Å². The highest BCUT2D eigenvalue weighted by Crippen LogP contribution is 2.34. The molecule has 3 aromatic carbocycles. The van der Waals surface area contributed by atoms with Gasteiger partial charge in [-0.2, -0.15) is 0 Å². The van der Waals surface area contributed by atoms with Crippen LogP contribution in [0.1, 0.15) is 11.1 Å². The fourth-order valence-electron chi connectivity index (χ4n) is 2.74. The standard InChI is InChI=1S/C23H23ClN2O4/c1-15-3-5-18(6-4-15)26-23(28)14-30-22-12-20(24)16(11-21(22)29-2)13-25-17-7-9-19(27)10-8-17/h3-12,25,27H,13-14H2,1-2H3,(H,26,28). The molecule has 0 aliphatic heterocycles. The smallest absolute Gasteiger partial charge is 0.262 e. The van der Waals surface area contributed by atoms with Crippen LogP contribution < -0.4 is 20.1 Å². The number of aryl methyl sites for hydroxylation is 1. The first kappa shape index (κ1) is 21.3. The minimum absolute atomic E-state index is 0.175. The summed E-state index contributed by atoms with van der Waals surface area (Å²) in [6.07, 6.45) is 0. The summed E-state index contributed by atoms with van der Waals surface area (Å²) in [5.41, 5.74) is 3.47. The fourth-order valence-corrected chi connectivity index (χ4v) is 2.96. The number of ether oxygens (including phenoxy) is 2. The minimum atomic E-state index is -0.282. The maximum atomic E-state index is 12.2. The molecule has 0 aromatic heterocycles. The number of hydrogen-bond acceptors (Lipinski definition) is 5. The molecule has 0 bridgehead atoms. The molecule has 3 rings (SSSR count). The van der Waals surface area contributed by atoms with E-state index in [0.717, 1.165) is 16.8 Å². The Labute approximate surface area is 180 Å². The third-order valence-electron chi connectivity index (χ3n) is 4.38. The molecule has 3 aromatic rings. The number of halogens is 1. The maximum Gasteiger partial charge on any atom is 0.262 e. The second kappa shape index (κ2) is 9.89. The van der Waals surface area contributed by atoms with Crippen molar-refractivity contribution < 1.29 is 19.4 Å². The van der Waals surface area contributed by atoms with E-state index in [1.165, 1.54) is 7.11 Å². The number of benzene rings is 3. The number of carbonyl (C=O) groups is 1. The molecule has 1 amide bonds. The molecule has 156 valence electrons. The number of amides is 1. The second-order valence-electron chi connectivity index (χ2n) is 6.70. The molecule has 0 unspecified atom stereocenters. The van der Waals surface area contributed by atoms with Crippen LogP contribution >= 0.6 is 11.6 Å². The molecular weight excluding hydrogens is 404 g/mol. The average Bonchev–Trinajstić information content (AvgIpc) is 2.74. The van der Waals surface area contributed by atoms with Crippen LogP contribution in [0.5, 0.6) is 17.2 Å². The van der Waals surface area contributed by atoms with E-state index in [4.69, 9.17) is 21.1 Å². The lowest BCUT2D eigenvalue weighted by Crippen LogP contribution is -2.20. The number of methoxy groups -OCH3 is 1. The topological polar surface area (TPSA) is 79.8 Å². The highest BCUT2D eigenvalue weighted by Gasteiger charge is 2.13. The molecule has 0 radical (unpaired) electrons. The van der Waals surface area contributed by atoms with Gasteiger partial charge in [0.1, 0.15) is 5.75 Å². The van der Waals surface area contributed by atoms with Crippen LogP contribution in [0.15, 0.2) is 60.7 Å². The van der Waals surface area contributed by atoms with Crippen molar-refractivity contribution in [3.8, 4) is 17.2 Å². The molecule has 0 aliphatic carbocycles. The zero-order chi connectivity index (χ0) is 21.5. The summed E-state index contributed by atoms with van der Waals surface area (Å²) < 4.78 is 11.0. The van der Waals surface area contributed by atoms with E-state index in [9.17, 15) is 9.90 Å². The number of rotatable bonds is 8. The van der Waals surface area contributed by atoms with Crippen LogP contribution in [0, 0.1) is 6.92 Å². The number of aromatic hydroxyl groups is 1. The molecule has 7 heteroatoms. The molecule has 0 saturated carbocycles. The highest BCUT2D eigenvalue weighted by atomic mass is 35.5. The number of phenols is 1. The Bertz CT molecular complexity index is 1000. The molecule has 30 heavy (non-hydrogen) atoms. The van der Waals surface area contributed by atoms with Crippen molar-refractivity contribution in [1.29, 1.82) is 0 Å². The van der Waals surface area contributed by atoms with Gasteiger partial charge in [-0.25, -0.2) is 0 Å². The summed E-state index contributed by atoms with van der Waals surface area (Å²) in [4.78, 5) is 12.2. The largest absolute Gasteiger partial charge is 0.508 e. The van der Waals surface area contributed by atoms with E-state index in [-0.39, 0.29) is 18.3 Å². The summed E-state index contributed by atoms with van der Waals surface area (Å²) in [5.74, 6) is 0.781. The van der Waals surface area contributed by atoms with Gasteiger partial charge in [-0.1, -0.05) is 29.3 Å². The molecule has 3 N–H and O–H groups in total. The Hall–Kier alpha value is -3.38. The number of carbonyl (C=O) groups excluding carboxylic acids is 1. The lowest BCUT2D eigenvalue weighted by atomic mass is 10.2. The van der Waals surface area contributed by atoms with Crippen molar-refractivity contribution in [3.05, 3.63) is 76.8 Å². The van der Waals surface area contributed by atoms with Crippen molar-refractivity contribution in [2.45, 2.75) is 13.5 Å². The molecule has 0 atom stereocenters. The van der Waals surface area contributed by atoms with Gasteiger partial charge in [-0.3, -0.25) is 4.79 Å². The first-order valence-electron chi connectivity index (χ1n) is 9.33. The van der Waals surface area contributed by atoms with Crippen LogP contribution in [0.2, 0.25) is 5.02 Å². The van der Waals surface area contributed by atoms with Crippen molar-refractivity contribution in [2.75, 3.05) is 24.4 Å². The fraction of sp³-hybridized carbons (Fsp3) is 0.174. The van der Waals surface area contributed by atoms with Crippen LogP contribution in [-0.4, -0.2) is 24.7 Å². The van der Waals surface area contributed by atoms with Gasteiger partial charge in [0.2, 0.25) is 0 Å². The molecule has 6 nitrogen and oxygen atoms in total.